The fraction of sp³-hybridized carbons (Fsp3) is 0.500. The number of likely N-dealkylation sites (tertiary alicyclic amines) is 1. The van der Waals surface area contributed by atoms with Gasteiger partial charge in [-0.1, -0.05) is 75.2 Å². The molecule has 2 aromatic carbocycles. The Hall–Kier alpha value is -3.45. The van der Waals surface area contributed by atoms with Crippen LogP contribution in [0.15, 0.2) is 60.7 Å². The first-order valence-corrected chi connectivity index (χ1v) is 15.0. The van der Waals surface area contributed by atoms with Gasteiger partial charge >= 0.3 is 0 Å². The van der Waals surface area contributed by atoms with Crippen molar-refractivity contribution in [2.75, 3.05) is 5.32 Å². The Morgan fingerprint density at radius 2 is 1.73 bits per heavy atom. The zero-order chi connectivity index (χ0) is 29.1. The predicted octanol–water partition coefficient (Wildman–Crippen LogP) is 5.09. The summed E-state index contributed by atoms with van der Waals surface area (Å²) in [5.41, 5.74) is 2.53. The molecule has 4 aliphatic rings. The molecule has 3 amide bonds. The lowest BCUT2D eigenvalue weighted by atomic mass is 9.73. The smallest absolute Gasteiger partial charge is 0.246 e. The summed E-state index contributed by atoms with van der Waals surface area (Å²) >= 11 is 0. The average Bonchev–Trinajstić information content (AvgIpc) is 3.58. The van der Waals surface area contributed by atoms with Crippen molar-refractivity contribution in [2.24, 2.45) is 23.7 Å². The highest BCUT2D eigenvalue weighted by Gasteiger charge is 2.73. The number of nitrogens with one attached hydrogen (secondary N) is 2. The van der Waals surface area contributed by atoms with Gasteiger partial charge in [-0.25, -0.2) is 0 Å². The predicted molar refractivity (Wildman–Crippen MR) is 158 cm³/mol. The topological polar surface area (TPSA) is 87.7 Å². The highest BCUT2D eigenvalue weighted by molar-refractivity contribution is 6.03. The van der Waals surface area contributed by atoms with E-state index in [1.54, 1.807) is 4.90 Å². The minimum atomic E-state index is -1.19. The number of anilines is 1. The van der Waals surface area contributed by atoms with E-state index in [-0.39, 0.29) is 29.8 Å². The summed E-state index contributed by atoms with van der Waals surface area (Å²) in [6.07, 6.45) is 6.34. The SMILES string of the molecule is Cc1cc(C)cc(NC(=O)[C@@H]2[C@@H]3C=C[C@]4(O3)[C@@H]2C(=O)N([C@@H](C)c2ccccc2)[C@H]4C(=O)N[C@@H]2CCC[C@H](C)[C@@H]2C)c1. The van der Waals surface area contributed by atoms with Gasteiger partial charge in [0.2, 0.25) is 17.7 Å². The molecular formula is C34H41N3O4. The molecule has 3 fully saturated rings. The van der Waals surface area contributed by atoms with Crippen LogP contribution in [0.1, 0.15) is 62.8 Å². The lowest BCUT2D eigenvalue weighted by molar-refractivity contribution is -0.144. The third kappa shape index (κ3) is 4.58. The molecular weight excluding hydrogens is 514 g/mol. The molecule has 1 aliphatic carbocycles. The summed E-state index contributed by atoms with van der Waals surface area (Å²) in [6, 6.07) is 14.4. The molecule has 9 atom stereocenters. The fourth-order valence-electron chi connectivity index (χ4n) is 7.84. The largest absolute Gasteiger partial charge is 0.359 e. The average molecular weight is 556 g/mol. The molecule has 3 heterocycles. The van der Waals surface area contributed by atoms with Gasteiger partial charge in [-0.15, -0.1) is 0 Å². The molecule has 7 heteroatoms. The molecule has 0 unspecified atom stereocenters. The van der Waals surface area contributed by atoms with Crippen molar-refractivity contribution in [1.29, 1.82) is 0 Å². The maximum atomic E-state index is 14.4. The van der Waals surface area contributed by atoms with Crippen LogP contribution in [0.4, 0.5) is 5.69 Å². The first kappa shape index (κ1) is 27.7. The van der Waals surface area contributed by atoms with Crippen molar-refractivity contribution >= 4 is 23.4 Å². The molecule has 216 valence electrons. The van der Waals surface area contributed by atoms with Gasteiger partial charge in [0.05, 0.1) is 24.0 Å². The van der Waals surface area contributed by atoms with E-state index in [0.717, 1.165) is 36.0 Å². The van der Waals surface area contributed by atoms with Gasteiger partial charge in [0.25, 0.3) is 0 Å². The van der Waals surface area contributed by atoms with E-state index in [1.807, 2.05) is 75.4 Å². The molecule has 7 nitrogen and oxygen atoms in total. The Kier molecular flexibility index (Phi) is 7.05. The van der Waals surface area contributed by atoms with Gasteiger partial charge < -0.3 is 20.3 Å². The lowest BCUT2D eigenvalue weighted by Crippen LogP contribution is -2.58. The summed E-state index contributed by atoms with van der Waals surface area (Å²) in [7, 11) is 0. The first-order chi connectivity index (χ1) is 19.6. The van der Waals surface area contributed by atoms with E-state index in [0.29, 0.717) is 17.5 Å². The van der Waals surface area contributed by atoms with Crippen LogP contribution in [0, 0.1) is 37.5 Å². The maximum Gasteiger partial charge on any atom is 0.246 e. The summed E-state index contributed by atoms with van der Waals surface area (Å²) in [5, 5.41) is 6.39. The number of rotatable bonds is 6. The Balaban J connectivity index is 1.35. The van der Waals surface area contributed by atoms with Gasteiger partial charge in [-0.2, -0.15) is 0 Å². The number of aryl methyl sites for hydroxylation is 2. The van der Waals surface area contributed by atoms with Gasteiger partial charge in [0.15, 0.2) is 0 Å². The summed E-state index contributed by atoms with van der Waals surface area (Å²) in [4.78, 5) is 44.3. The molecule has 2 N–H and O–H groups in total. The molecule has 2 saturated heterocycles. The van der Waals surface area contributed by atoms with Crippen molar-refractivity contribution in [3.63, 3.8) is 0 Å². The lowest BCUT2D eigenvalue weighted by Gasteiger charge is -2.39. The second kappa shape index (κ2) is 10.4. The van der Waals surface area contributed by atoms with Crippen LogP contribution in [0.25, 0.3) is 0 Å². The van der Waals surface area contributed by atoms with Crippen molar-refractivity contribution in [3.05, 3.63) is 77.4 Å². The Labute approximate surface area is 242 Å². The molecule has 2 aromatic rings. The Bertz CT molecular complexity index is 1370. The molecule has 1 saturated carbocycles. The summed E-state index contributed by atoms with van der Waals surface area (Å²) in [5.74, 6) is -1.33. The zero-order valence-electron chi connectivity index (χ0n) is 24.6. The monoisotopic (exact) mass is 555 g/mol. The van der Waals surface area contributed by atoms with Crippen LogP contribution >= 0.6 is 0 Å². The molecule has 2 bridgehead atoms. The number of benzene rings is 2. The van der Waals surface area contributed by atoms with Crippen molar-refractivity contribution < 1.29 is 19.1 Å². The molecule has 41 heavy (non-hydrogen) atoms. The highest BCUT2D eigenvalue weighted by atomic mass is 16.5. The minimum Gasteiger partial charge on any atom is -0.359 e. The van der Waals surface area contributed by atoms with Crippen LogP contribution in [-0.2, 0) is 19.1 Å². The number of hydrogen-bond acceptors (Lipinski definition) is 4. The number of carbonyl (C=O) groups is 3. The van der Waals surface area contributed by atoms with Gasteiger partial charge in [-0.3, -0.25) is 14.4 Å². The Morgan fingerprint density at radius 3 is 2.44 bits per heavy atom. The standard InChI is InChI=1S/C34H41N3O4/c1-19-16-20(2)18-25(17-19)35-31(38)28-27-14-15-34(41-27)29(28)33(40)37(23(5)24-11-7-6-8-12-24)30(34)32(39)36-26-13-9-10-21(3)22(26)4/h6-8,11-12,14-18,21-23,26-30H,9-10,13H2,1-5H3,(H,35,38)(H,36,39)/t21-,22-,23-,26+,27-,28+,29-,30-,34-/m0/s1. The van der Waals surface area contributed by atoms with Crippen LogP contribution in [0.3, 0.4) is 0 Å². The third-order valence-electron chi connectivity index (χ3n) is 10.1. The Morgan fingerprint density at radius 1 is 1.02 bits per heavy atom. The minimum absolute atomic E-state index is 0.0388. The van der Waals surface area contributed by atoms with Crippen molar-refractivity contribution in [1.82, 2.24) is 10.2 Å². The molecule has 0 aromatic heterocycles. The highest BCUT2D eigenvalue weighted by Crippen LogP contribution is 2.56. The summed E-state index contributed by atoms with van der Waals surface area (Å²) < 4.78 is 6.57. The van der Waals surface area contributed by atoms with Gasteiger partial charge in [-0.05, 0) is 67.9 Å². The van der Waals surface area contributed by atoms with Crippen molar-refractivity contribution in [2.45, 2.75) is 83.7 Å². The number of fused-ring (bicyclic) bond motifs is 1. The van der Waals surface area contributed by atoms with Crippen LogP contribution in [-0.4, -0.2) is 46.4 Å². The van der Waals surface area contributed by atoms with Crippen LogP contribution in [0.2, 0.25) is 0 Å². The molecule has 6 rings (SSSR count). The summed E-state index contributed by atoms with van der Waals surface area (Å²) in [6.45, 7) is 10.4. The number of carbonyl (C=O) groups excluding carboxylic acids is 3. The van der Waals surface area contributed by atoms with E-state index >= 15 is 0 Å². The molecule has 1 spiro atoms. The van der Waals surface area contributed by atoms with E-state index in [4.69, 9.17) is 4.74 Å². The van der Waals surface area contributed by atoms with Crippen LogP contribution < -0.4 is 10.6 Å². The third-order valence-corrected chi connectivity index (χ3v) is 10.1. The fourth-order valence-corrected chi connectivity index (χ4v) is 7.84. The van der Waals surface area contributed by atoms with Crippen LogP contribution in [0.5, 0.6) is 0 Å². The normalized spacial score (nSPS) is 34.4. The second-order valence-corrected chi connectivity index (χ2v) is 12.8. The first-order valence-electron chi connectivity index (χ1n) is 15.0. The molecule has 0 radical (unpaired) electrons. The number of amides is 3. The molecule has 3 aliphatic heterocycles. The number of ether oxygens (including phenoxy) is 1. The van der Waals surface area contributed by atoms with E-state index < -0.39 is 29.6 Å². The van der Waals surface area contributed by atoms with E-state index in [1.165, 1.54) is 0 Å². The van der Waals surface area contributed by atoms with E-state index in [2.05, 4.69) is 30.5 Å². The van der Waals surface area contributed by atoms with E-state index in [9.17, 15) is 14.4 Å². The van der Waals surface area contributed by atoms with Gasteiger partial charge in [0.1, 0.15) is 11.6 Å². The van der Waals surface area contributed by atoms with Gasteiger partial charge in [0, 0.05) is 11.7 Å². The maximum absolute atomic E-state index is 14.4. The number of hydrogen-bond donors (Lipinski definition) is 2. The quantitative estimate of drug-likeness (QED) is 0.486. The second-order valence-electron chi connectivity index (χ2n) is 12.8. The number of nitrogens with zero attached hydrogens (tertiary/aromatic N) is 1. The zero-order valence-corrected chi connectivity index (χ0v) is 24.6. The van der Waals surface area contributed by atoms with Crippen molar-refractivity contribution in [3.8, 4) is 0 Å².